The number of ether oxygens (including phenoxy) is 3. The second-order valence-electron chi connectivity index (χ2n) is 7.27. The molecule has 2 aromatic carbocycles. The lowest BCUT2D eigenvalue weighted by Crippen LogP contribution is -2.37. The fourth-order valence-electron chi connectivity index (χ4n) is 3.28. The van der Waals surface area contributed by atoms with Crippen LogP contribution in [0.25, 0.3) is 0 Å². The molecule has 162 valence electrons. The topological polar surface area (TPSA) is 88.6 Å². The van der Waals surface area contributed by atoms with Gasteiger partial charge < -0.3 is 19.1 Å². The van der Waals surface area contributed by atoms with Crippen LogP contribution in [0.4, 0.5) is 24.5 Å². The van der Waals surface area contributed by atoms with Crippen LogP contribution in [0.2, 0.25) is 0 Å². The molecule has 9 nitrogen and oxygen atoms in total. The number of carbonyl (C=O) groups excluding carboxylic acids is 3. The summed E-state index contributed by atoms with van der Waals surface area (Å²) in [6, 6.07) is 9.40. The zero-order valence-electron chi connectivity index (χ0n) is 17.0. The van der Waals surface area contributed by atoms with Crippen LogP contribution in [0.15, 0.2) is 36.4 Å². The number of benzene rings is 2. The first-order chi connectivity index (χ1) is 14.8. The number of hydrogen-bond acceptors (Lipinski definition) is 6. The number of nitrogens with zero attached hydrogens (tertiary/aromatic N) is 3. The van der Waals surface area contributed by atoms with E-state index in [0.717, 1.165) is 0 Å². The van der Waals surface area contributed by atoms with Gasteiger partial charge in [-0.15, -0.1) is 0 Å². The molecule has 31 heavy (non-hydrogen) atoms. The minimum atomic E-state index is -0.658. The quantitative estimate of drug-likeness (QED) is 0.741. The summed E-state index contributed by atoms with van der Waals surface area (Å²) < 4.78 is 30.4. The molecule has 1 saturated heterocycles. The molecule has 0 aliphatic carbocycles. The summed E-state index contributed by atoms with van der Waals surface area (Å²) in [5, 5.41) is 0. The SMILES string of the molecule is CN(C)C(=O)Oc1ccc2c(c1)OC(=O)N(Cc1cccc(N3CCOC3=O)c1F)C2. The fraction of sp³-hybridized carbons (Fsp3) is 0.286. The monoisotopic (exact) mass is 429 g/mol. The molecule has 0 atom stereocenters. The number of halogens is 1. The maximum Gasteiger partial charge on any atom is 0.415 e. The van der Waals surface area contributed by atoms with E-state index >= 15 is 4.39 Å². The summed E-state index contributed by atoms with van der Waals surface area (Å²) in [7, 11) is 3.11. The Morgan fingerprint density at radius 2 is 2.00 bits per heavy atom. The fourth-order valence-corrected chi connectivity index (χ4v) is 3.28. The molecule has 3 amide bonds. The van der Waals surface area contributed by atoms with E-state index in [1.807, 2.05) is 0 Å². The van der Waals surface area contributed by atoms with Crippen molar-refractivity contribution in [3.8, 4) is 11.5 Å². The first-order valence-electron chi connectivity index (χ1n) is 9.54. The van der Waals surface area contributed by atoms with Crippen LogP contribution in [0, 0.1) is 5.82 Å². The molecule has 0 aromatic heterocycles. The number of cyclic esters (lactones) is 1. The van der Waals surface area contributed by atoms with Crippen molar-refractivity contribution in [1.29, 1.82) is 0 Å². The van der Waals surface area contributed by atoms with Gasteiger partial charge in [0.1, 0.15) is 18.1 Å². The first-order valence-corrected chi connectivity index (χ1v) is 9.54. The van der Waals surface area contributed by atoms with E-state index < -0.39 is 24.1 Å². The maximum absolute atomic E-state index is 15.0. The third-order valence-electron chi connectivity index (χ3n) is 4.90. The van der Waals surface area contributed by atoms with E-state index in [1.165, 1.54) is 26.8 Å². The third kappa shape index (κ3) is 4.09. The Hall–Kier alpha value is -3.82. The number of rotatable bonds is 4. The van der Waals surface area contributed by atoms with Gasteiger partial charge in [-0.25, -0.2) is 18.8 Å². The Labute approximate surface area is 177 Å². The second kappa shape index (κ2) is 8.13. The van der Waals surface area contributed by atoms with Gasteiger partial charge in [-0.05, 0) is 18.2 Å². The predicted octanol–water partition coefficient (Wildman–Crippen LogP) is 3.36. The van der Waals surface area contributed by atoms with Gasteiger partial charge in [0.2, 0.25) is 0 Å². The minimum absolute atomic E-state index is 0.0435. The van der Waals surface area contributed by atoms with Crippen molar-refractivity contribution in [1.82, 2.24) is 9.80 Å². The van der Waals surface area contributed by atoms with Crippen LogP contribution >= 0.6 is 0 Å². The van der Waals surface area contributed by atoms with Gasteiger partial charge in [0, 0.05) is 31.3 Å². The molecular weight excluding hydrogens is 409 g/mol. The lowest BCUT2D eigenvalue weighted by Gasteiger charge is -2.28. The first kappa shape index (κ1) is 20.5. The number of amides is 3. The molecule has 0 spiro atoms. The van der Waals surface area contributed by atoms with Crippen LogP contribution in [0.5, 0.6) is 11.5 Å². The minimum Gasteiger partial charge on any atom is -0.447 e. The highest BCUT2D eigenvalue weighted by atomic mass is 19.1. The molecule has 0 radical (unpaired) electrons. The van der Waals surface area contributed by atoms with Gasteiger partial charge >= 0.3 is 18.3 Å². The normalized spacial score (nSPS) is 15.3. The zero-order valence-corrected chi connectivity index (χ0v) is 17.0. The standard InChI is InChI=1S/C21H20FN3O6/c1-23(2)19(26)30-15-7-6-13-11-24(20(27)31-17(13)10-15)12-14-4-3-5-16(18(14)22)25-8-9-29-21(25)28/h3-7,10H,8-9,11-12H2,1-2H3. The number of fused-ring (bicyclic) bond motifs is 1. The summed E-state index contributed by atoms with van der Waals surface area (Å²) in [6.07, 6.45) is -1.82. The van der Waals surface area contributed by atoms with Crippen molar-refractivity contribution >= 4 is 24.0 Å². The molecule has 2 heterocycles. The van der Waals surface area contributed by atoms with Gasteiger partial charge in [-0.2, -0.15) is 0 Å². The van der Waals surface area contributed by atoms with Crippen molar-refractivity contribution < 1.29 is 33.0 Å². The van der Waals surface area contributed by atoms with E-state index in [0.29, 0.717) is 5.56 Å². The average molecular weight is 429 g/mol. The van der Waals surface area contributed by atoms with Gasteiger partial charge in [0.15, 0.2) is 5.82 Å². The maximum atomic E-state index is 15.0. The highest BCUT2D eigenvalue weighted by Gasteiger charge is 2.30. The molecule has 2 aromatic rings. The second-order valence-corrected chi connectivity index (χ2v) is 7.27. The van der Waals surface area contributed by atoms with Crippen LogP contribution < -0.4 is 14.4 Å². The molecule has 2 aliphatic rings. The van der Waals surface area contributed by atoms with Crippen molar-refractivity contribution in [2.24, 2.45) is 0 Å². The van der Waals surface area contributed by atoms with Crippen LogP contribution in [0.3, 0.4) is 0 Å². The molecule has 1 fully saturated rings. The van der Waals surface area contributed by atoms with Gasteiger partial charge in [0.25, 0.3) is 0 Å². The van der Waals surface area contributed by atoms with E-state index in [-0.39, 0.29) is 49.0 Å². The molecule has 4 rings (SSSR count). The highest BCUT2D eigenvalue weighted by molar-refractivity contribution is 5.89. The zero-order chi connectivity index (χ0) is 22.1. The smallest absolute Gasteiger partial charge is 0.415 e. The molecular formula is C21H20FN3O6. The Bertz CT molecular complexity index is 1060. The molecule has 0 saturated carbocycles. The van der Waals surface area contributed by atoms with Gasteiger partial charge in [-0.3, -0.25) is 9.80 Å². The number of carbonyl (C=O) groups is 3. The van der Waals surface area contributed by atoms with Crippen molar-refractivity contribution in [2.45, 2.75) is 13.1 Å². The van der Waals surface area contributed by atoms with E-state index in [2.05, 4.69) is 0 Å². The Kier molecular flexibility index (Phi) is 5.37. The van der Waals surface area contributed by atoms with Crippen molar-refractivity contribution in [3.63, 3.8) is 0 Å². The summed E-state index contributed by atoms with van der Waals surface area (Å²) in [4.78, 5) is 39.8. The van der Waals surface area contributed by atoms with Crippen LogP contribution in [-0.4, -0.2) is 55.3 Å². The lowest BCUT2D eigenvalue weighted by molar-refractivity contribution is 0.134. The Morgan fingerprint density at radius 1 is 1.19 bits per heavy atom. The third-order valence-corrected chi connectivity index (χ3v) is 4.90. The van der Waals surface area contributed by atoms with Crippen LogP contribution in [-0.2, 0) is 17.8 Å². The predicted molar refractivity (Wildman–Crippen MR) is 107 cm³/mol. The summed E-state index contributed by atoms with van der Waals surface area (Å²) in [6.45, 7) is 0.604. The summed E-state index contributed by atoms with van der Waals surface area (Å²) in [5.74, 6) is -0.0693. The summed E-state index contributed by atoms with van der Waals surface area (Å²) in [5.41, 5.74) is 1.04. The molecule has 2 aliphatic heterocycles. The van der Waals surface area contributed by atoms with Crippen LogP contribution in [0.1, 0.15) is 11.1 Å². The molecule has 0 bridgehead atoms. The number of anilines is 1. The van der Waals surface area contributed by atoms with Crippen molar-refractivity contribution in [3.05, 3.63) is 53.3 Å². The molecule has 0 N–H and O–H groups in total. The van der Waals surface area contributed by atoms with E-state index in [4.69, 9.17) is 14.2 Å². The highest BCUT2D eigenvalue weighted by Crippen LogP contribution is 2.32. The Morgan fingerprint density at radius 3 is 2.71 bits per heavy atom. The van der Waals surface area contributed by atoms with Gasteiger partial charge in [-0.1, -0.05) is 12.1 Å². The average Bonchev–Trinajstić information content (AvgIpc) is 3.15. The van der Waals surface area contributed by atoms with Crippen molar-refractivity contribution in [2.75, 3.05) is 32.1 Å². The Balaban J connectivity index is 1.51. The summed E-state index contributed by atoms with van der Waals surface area (Å²) >= 11 is 0. The largest absolute Gasteiger partial charge is 0.447 e. The van der Waals surface area contributed by atoms with Gasteiger partial charge in [0.05, 0.1) is 25.3 Å². The lowest BCUT2D eigenvalue weighted by atomic mass is 10.1. The number of hydrogen-bond donors (Lipinski definition) is 0. The molecule has 10 heteroatoms. The van der Waals surface area contributed by atoms with E-state index in [1.54, 1.807) is 38.4 Å². The van der Waals surface area contributed by atoms with E-state index in [9.17, 15) is 14.4 Å². The molecule has 0 unspecified atom stereocenters.